The van der Waals surface area contributed by atoms with Crippen molar-refractivity contribution in [2.75, 3.05) is 20.2 Å². The number of ether oxygens (including phenoxy) is 1. The Kier molecular flexibility index (Phi) is 5.04. The van der Waals surface area contributed by atoms with Crippen LogP contribution in [0.25, 0.3) is 0 Å². The summed E-state index contributed by atoms with van der Waals surface area (Å²) >= 11 is 0. The standard InChI is InChI=1S/C11H15N3O4/c1-3-14(7-6-10(15)16)11(17)8-4-5-9(18-2)13-12-8/h4-5H,3,6-7H2,1-2H3,(H,15,16). The molecule has 0 aliphatic rings. The number of nitrogens with zero attached hydrogens (tertiary/aromatic N) is 3. The topological polar surface area (TPSA) is 92.6 Å². The van der Waals surface area contributed by atoms with E-state index in [1.54, 1.807) is 6.92 Å². The number of aliphatic carboxylic acids is 1. The zero-order valence-electron chi connectivity index (χ0n) is 10.3. The number of amides is 1. The Labute approximate surface area is 104 Å². The molecule has 0 aromatic carbocycles. The van der Waals surface area contributed by atoms with Crippen LogP contribution in [0.1, 0.15) is 23.8 Å². The third-order valence-electron chi connectivity index (χ3n) is 2.33. The van der Waals surface area contributed by atoms with Gasteiger partial charge in [0, 0.05) is 19.2 Å². The predicted molar refractivity (Wildman–Crippen MR) is 62.4 cm³/mol. The maximum atomic E-state index is 12.0. The second-order valence-corrected chi connectivity index (χ2v) is 3.49. The number of carbonyl (C=O) groups excluding carboxylic acids is 1. The summed E-state index contributed by atoms with van der Waals surface area (Å²) in [6.07, 6.45) is -0.0941. The van der Waals surface area contributed by atoms with Crippen molar-refractivity contribution in [2.45, 2.75) is 13.3 Å². The number of aromatic nitrogens is 2. The number of hydrogen-bond donors (Lipinski definition) is 1. The van der Waals surface area contributed by atoms with Crippen LogP contribution in [0.5, 0.6) is 5.88 Å². The molecule has 1 rings (SSSR count). The van der Waals surface area contributed by atoms with Crippen molar-refractivity contribution < 1.29 is 19.4 Å². The molecule has 0 bridgehead atoms. The smallest absolute Gasteiger partial charge is 0.305 e. The van der Waals surface area contributed by atoms with Crippen molar-refractivity contribution in [3.63, 3.8) is 0 Å². The van der Waals surface area contributed by atoms with E-state index in [-0.39, 0.29) is 24.6 Å². The number of rotatable bonds is 6. The summed E-state index contributed by atoms with van der Waals surface area (Å²) in [5.74, 6) is -0.962. The first-order valence-corrected chi connectivity index (χ1v) is 5.47. The van der Waals surface area contributed by atoms with E-state index in [9.17, 15) is 9.59 Å². The molecule has 1 heterocycles. The Morgan fingerprint density at radius 1 is 1.39 bits per heavy atom. The summed E-state index contributed by atoms with van der Waals surface area (Å²) in [5, 5.41) is 16.0. The molecule has 18 heavy (non-hydrogen) atoms. The van der Waals surface area contributed by atoms with Crippen LogP contribution in [0.15, 0.2) is 12.1 Å². The van der Waals surface area contributed by atoms with E-state index >= 15 is 0 Å². The van der Waals surface area contributed by atoms with Crippen LogP contribution < -0.4 is 4.74 Å². The molecule has 7 heteroatoms. The highest BCUT2D eigenvalue weighted by atomic mass is 16.5. The van der Waals surface area contributed by atoms with Gasteiger partial charge in [-0.2, -0.15) is 0 Å². The molecule has 0 unspecified atom stereocenters. The second kappa shape index (κ2) is 6.53. The summed E-state index contributed by atoms with van der Waals surface area (Å²) < 4.78 is 4.84. The molecule has 1 amide bonds. The summed E-state index contributed by atoms with van der Waals surface area (Å²) in [6, 6.07) is 3.03. The largest absolute Gasteiger partial charge is 0.481 e. The molecule has 1 N–H and O–H groups in total. The molecular formula is C11H15N3O4. The zero-order valence-corrected chi connectivity index (χ0v) is 10.3. The fourth-order valence-corrected chi connectivity index (χ4v) is 1.34. The van der Waals surface area contributed by atoms with Crippen LogP contribution in [0, 0.1) is 0 Å². The maximum absolute atomic E-state index is 12.0. The number of carboxylic acid groups (broad SMARTS) is 1. The van der Waals surface area contributed by atoms with Crippen molar-refractivity contribution in [2.24, 2.45) is 0 Å². The second-order valence-electron chi connectivity index (χ2n) is 3.49. The Bertz CT molecular complexity index is 419. The Morgan fingerprint density at radius 3 is 2.56 bits per heavy atom. The predicted octanol–water partition coefficient (Wildman–Crippen LogP) is 0.422. The third-order valence-corrected chi connectivity index (χ3v) is 2.33. The van der Waals surface area contributed by atoms with Gasteiger partial charge in [-0.05, 0) is 13.0 Å². The highest BCUT2D eigenvalue weighted by Gasteiger charge is 2.16. The van der Waals surface area contributed by atoms with E-state index in [1.165, 1.54) is 24.1 Å². The first-order valence-electron chi connectivity index (χ1n) is 5.47. The molecular weight excluding hydrogens is 238 g/mol. The van der Waals surface area contributed by atoms with Crippen LogP contribution in [0.3, 0.4) is 0 Å². The summed E-state index contributed by atoms with van der Waals surface area (Å²) in [4.78, 5) is 23.9. The van der Waals surface area contributed by atoms with E-state index in [0.717, 1.165) is 0 Å². The molecule has 98 valence electrons. The van der Waals surface area contributed by atoms with Gasteiger partial charge in [0.15, 0.2) is 5.69 Å². The van der Waals surface area contributed by atoms with Crippen molar-refractivity contribution in [3.8, 4) is 5.88 Å². The molecule has 0 aliphatic heterocycles. The number of carboxylic acids is 1. The van der Waals surface area contributed by atoms with Crippen LogP contribution >= 0.6 is 0 Å². The number of hydrogen-bond acceptors (Lipinski definition) is 5. The highest BCUT2D eigenvalue weighted by molar-refractivity contribution is 5.92. The quantitative estimate of drug-likeness (QED) is 0.789. The van der Waals surface area contributed by atoms with Crippen molar-refractivity contribution in [1.29, 1.82) is 0 Å². The van der Waals surface area contributed by atoms with Gasteiger partial charge in [-0.15, -0.1) is 10.2 Å². The van der Waals surface area contributed by atoms with Gasteiger partial charge in [0.05, 0.1) is 13.5 Å². The van der Waals surface area contributed by atoms with Gasteiger partial charge in [-0.1, -0.05) is 0 Å². The third kappa shape index (κ3) is 3.69. The van der Waals surface area contributed by atoms with Gasteiger partial charge in [0.1, 0.15) is 0 Å². The molecule has 0 spiro atoms. The van der Waals surface area contributed by atoms with Gasteiger partial charge >= 0.3 is 5.97 Å². The van der Waals surface area contributed by atoms with Gasteiger partial charge in [-0.3, -0.25) is 9.59 Å². The van der Waals surface area contributed by atoms with Gasteiger partial charge in [0.2, 0.25) is 5.88 Å². The lowest BCUT2D eigenvalue weighted by atomic mass is 10.3. The molecule has 0 atom stereocenters. The minimum absolute atomic E-state index is 0.0941. The minimum Gasteiger partial charge on any atom is -0.481 e. The molecule has 0 saturated carbocycles. The molecule has 0 aliphatic carbocycles. The fourth-order valence-electron chi connectivity index (χ4n) is 1.34. The first-order chi connectivity index (χ1) is 8.58. The summed E-state index contributed by atoms with van der Waals surface area (Å²) in [7, 11) is 1.46. The number of carbonyl (C=O) groups is 2. The zero-order chi connectivity index (χ0) is 13.5. The van der Waals surface area contributed by atoms with E-state index in [4.69, 9.17) is 9.84 Å². The van der Waals surface area contributed by atoms with Gasteiger partial charge in [0.25, 0.3) is 5.91 Å². The summed E-state index contributed by atoms with van der Waals surface area (Å²) in [6.45, 7) is 2.34. The Balaban J connectivity index is 2.72. The van der Waals surface area contributed by atoms with Crippen LogP contribution in [0.4, 0.5) is 0 Å². The lowest BCUT2D eigenvalue weighted by Crippen LogP contribution is -2.33. The van der Waals surface area contributed by atoms with Crippen molar-refractivity contribution >= 4 is 11.9 Å². The molecule has 1 aromatic heterocycles. The first kappa shape index (κ1) is 13.9. The summed E-state index contributed by atoms with van der Waals surface area (Å²) in [5.41, 5.74) is 0.169. The van der Waals surface area contributed by atoms with Crippen molar-refractivity contribution in [3.05, 3.63) is 17.8 Å². The highest BCUT2D eigenvalue weighted by Crippen LogP contribution is 2.06. The average Bonchev–Trinajstić information content (AvgIpc) is 2.39. The van der Waals surface area contributed by atoms with E-state index in [0.29, 0.717) is 12.4 Å². The van der Waals surface area contributed by atoms with E-state index in [1.807, 2.05) is 0 Å². The maximum Gasteiger partial charge on any atom is 0.305 e. The molecule has 0 radical (unpaired) electrons. The molecule has 7 nitrogen and oxygen atoms in total. The Morgan fingerprint density at radius 2 is 2.11 bits per heavy atom. The normalized spacial score (nSPS) is 9.89. The molecule has 0 fully saturated rings. The van der Waals surface area contributed by atoms with Gasteiger partial charge in [-0.25, -0.2) is 0 Å². The van der Waals surface area contributed by atoms with E-state index < -0.39 is 5.97 Å². The van der Waals surface area contributed by atoms with Crippen LogP contribution in [-0.2, 0) is 4.79 Å². The van der Waals surface area contributed by atoms with Crippen LogP contribution in [-0.4, -0.2) is 52.3 Å². The molecule has 1 aromatic rings. The van der Waals surface area contributed by atoms with Crippen molar-refractivity contribution in [1.82, 2.24) is 15.1 Å². The van der Waals surface area contributed by atoms with Crippen LogP contribution in [0.2, 0.25) is 0 Å². The molecule has 0 saturated heterocycles. The van der Waals surface area contributed by atoms with E-state index in [2.05, 4.69) is 10.2 Å². The monoisotopic (exact) mass is 253 g/mol. The fraction of sp³-hybridized carbons (Fsp3) is 0.455. The minimum atomic E-state index is -0.943. The lowest BCUT2D eigenvalue weighted by molar-refractivity contribution is -0.137. The van der Waals surface area contributed by atoms with Gasteiger partial charge < -0.3 is 14.7 Å². The number of methoxy groups -OCH3 is 1. The lowest BCUT2D eigenvalue weighted by Gasteiger charge is -2.19. The average molecular weight is 253 g/mol. The Hall–Kier alpha value is -2.18. The SMILES string of the molecule is CCN(CCC(=O)O)C(=O)c1ccc(OC)nn1.